The quantitative estimate of drug-likeness (QED) is 0.735. The van der Waals surface area contributed by atoms with Crippen LogP contribution in [0.25, 0.3) is 0 Å². The lowest BCUT2D eigenvalue weighted by Crippen LogP contribution is -2.49. The molecule has 3 aliphatic carbocycles. The van der Waals surface area contributed by atoms with Gasteiger partial charge in [0.1, 0.15) is 12.9 Å². The molecule has 0 amide bonds. The van der Waals surface area contributed by atoms with Gasteiger partial charge in [-0.2, -0.15) is 0 Å². The van der Waals surface area contributed by atoms with Crippen LogP contribution >= 0.6 is 0 Å². The topological polar surface area (TPSA) is 30.8 Å². The smallest absolute Gasteiger partial charge is 0.127 e. The van der Waals surface area contributed by atoms with Gasteiger partial charge in [0.25, 0.3) is 0 Å². The minimum absolute atomic E-state index is 0.234. The van der Waals surface area contributed by atoms with Crippen LogP contribution in [-0.2, 0) is 11.3 Å². The molecular formula is C21H28NO2. The number of fused-ring (bicyclic) bond motifs is 5. The minimum Gasteiger partial charge on any atom is -0.496 e. The fraction of sp³-hybridized carbons (Fsp3) is 0.667. The van der Waals surface area contributed by atoms with E-state index in [1.165, 1.54) is 55.4 Å². The Balaban J connectivity index is 1.69. The van der Waals surface area contributed by atoms with Crippen LogP contribution in [0, 0.1) is 23.3 Å². The van der Waals surface area contributed by atoms with Gasteiger partial charge in [-0.3, -0.25) is 0 Å². The van der Waals surface area contributed by atoms with Gasteiger partial charge in [0.15, 0.2) is 0 Å². The predicted octanol–water partition coefficient (Wildman–Crippen LogP) is 4.74. The van der Waals surface area contributed by atoms with Crippen LogP contribution in [0.3, 0.4) is 0 Å². The lowest BCUT2D eigenvalue weighted by Gasteiger charge is -2.54. The number of ether oxygens (including phenoxy) is 1. The summed E-state index contributed by atoms with van der Waals surface area (Å²) in [6.45, 7) is 2.44. The number of hydrogen-bond donors (Lipinski definition) is 0. The summed E-state index contributed by atoms with van der Waals surface area (Å²) in [6.07, 6.45) is 8.66. The lowest BCUT2D eigenvalue weighted by atomic mass is 9.50. The molecule has 1 radical (unpaired) electrons. The molecule has 0 aromatic heterocycles. The Morgan fingerprint density at radius 3 is 2.88 bits per heavy atom. The molecule has 4 rings (SSSR count). The maximum absolute atomic E-state index is 5.44. The van der Waals surface area contributed by atoms with Crippen LogP contribution in [0.15, 0.2) is 17.3 Å². The van der Waals surface area contributed by atoms with Crippen LogP contribution in [-0.4, -0.2) is 19.9 Å². The van der Waals surface area contributed by atoms with E-state index in [1.54, 1.807) is 14.2 Å². The van der Waals surface area contributed by atoms with Crippen molar-refractivity contribution in [2.24, 2.45) is 22.4 Å². The Morgan fingerprint density at radius 2 is 2.08 bits per heavy atom. The molecule has 129 valence electrons. The zero-order valence-electron chi connectivity index (χ0n) is 15.1. The molecule has 1 aromatic rings. The van der Waals surface area contributed by atoms with Gasteiger partial charge >= 0.3 is 0 Å². The summed E-state index contributed by atoms with van der Waals surface area (Å²) in [5.41, 5.74) is 4.56. The maximum atomic E-state index is 5.44. The molecule has 1 aromatic carbocycles. The van der Waals surface area contributed by atoms with Gasteiger partial charge in [-0.15, -0.1) is 0 Å². The summed E-state index contributed by atoms with van der Waals surface area (Å²) >= 11 is 0. The monoisotopic (exact) mass is 326 g/mol. The first-order valence-corrected chi connectivity index (χ1v) is 9.36. The summed E-state index contributed by atoms with van der Waals surface area (Å²) in [5.74, 6) is 3.07. The Bertz CT molecular complexity index is 653. The highest BCUT2D eigenvalue weighted by Crippen LogP contribution is 2.58. The van der Waals surface area contributed by atoms with Gasteiger partial charge in [-0.05, 0) is 86.0 Å². The first-order chi connectivity index (χ1) is 11.7. The molecule has 2 saturated carbocycles. The predicted molar refractivity (Wildman–Crippen MR) is 95.5 cm³/mol. The Labute approximate surface area is 145 Å². The maximum Gasteiger partial charge on any atom is 0.127 e. The number of rotatable bonds is 2. The van der Waals surface area contributed by atoms with Crippen LogP contribution in [0.1, 0.15) is 62.5 Å². The van der Waals surface area contributed by atoms with Crippen molar-refractivity contribution in [3.05, 3.63) is 29.3 Å². The van der Waals surface area contributed by atoms with E-state index in [0.717, 1.165) is 24.0 Å². The van der Waals surface area contributed by atoms with Crippen molar-refractivity contribution < 1.29 is 9.57 Å². The lowest BCUT2D eigenvalue weighted by molar-refractivity contribution is 0.0581. The van der Waals surface area contributed by atoms with E-state index in [-0.39, 0.29) is 5.41 Å². The van der Waals surface area contributed by atoms with E-state index < -0.39 is 0 Å². The molecule has 0 unspecified atom stereocenters. The fourth-order valence-electron chi connectivity index (χ4n) is 5.84. The Kier molecular flexibility index (Phi) is 4.06. The molecule has 3 heteroatoms. The molecule has 0 spiro atoms. The van der Waals surface area contributed by atoms with Crippen molar-refractivity contribution in [1.82, 2.24) is 0 Å². The number of benzene rings is 1. The molecule has 2 fully saturated rings. The third kappa shape index (κ3) is 2.35. The number of hydrogen-bond acceptors (Lipinski definition) is 3. The number of oxime groups is 1. The minimum atomic E-state index is 0.234. The van der Waals surface area contributed by atoms with Crippen LogP contribution < -0.4 is 4.74 Å². The molecule has 3 nitrogen and oxygen atoms in total. The van der Waals surface area contributed by atoms with Gasteiger partial charge in [0.05, 0.1) is 12.8 Å². The molecule has 24 heavy (non-hydrogen) atoms. The van der Waals surface area contributed by atoms with Crippen molar-refractivity contribution >= 4 is 5.71 Å². The number of methoxy groups -OCH3 is 1. The zero-order valence-corrected chi connectivity index (χ0v) is 15.1. The SMILES string of the molecule is CO/N=C1\CCC[C@H]2[C@@H]3CCc4c[c]c(OC)cc4[C@H]3CC[C@]12C. The summed E-state index contributed by atoms with van der Waals surface area (Å²) in [7, 11) is 3.43. The van der Waals surface area contributed by atoms with Crippen molar-refractivity contribution in [3.8, 4) is 5.75 Å². The van der Waals surface area contributed by atoms with Gasteiger partial charge in [-0.1, -0.05) is 12.1 Å². The molecule has 0 saturated heterocycles. The summed E-state index contributed by atoms with van der Waals surface area (Å²) in [5, 5.41) is 4.44. The zero-order chi connectivity index (χ0) is 16.7. The highest BCUT2D eigenvalue weighted by molar-refractivity contribution is 5.90. The van der Waals surface area contributed by atoms with Crippen molar-refractivity contribution in [2.45, 2.75) is 57.8 Å². The van der Waals surface area contributed by atoms with Crippen molar-refractivity contribution in [3.63, 3.8) is 0 Å². The number of aryl methyl sites for hydroxylation is 1. The average molecular weight is 326 g/mol. The molecule has 0 aliphatic heterocycles. The van der Waals surface area contributed by atoms with E-state index in [0.29, 0.717) is 5.92 Å². The number of nitrogens with zero attached hydrogens (tertiary/aromatic N) is 1. The molecule has 3 aliphatic rings. The largest absolute Gasteiger partial charge is 0.496 e. The molecule has 4 atom stereocenters. The summed E-state index contributed by atoms with van der Waals surface area (Å²) in [6, 6.07) is 7.69. The summed E-state index contributed by atoms with van der Waals surface area (Å²) < 4.78 is 5.44. The standard InChI is InChI=1S/C21H28NO2/c1-21-12-11-16-17(19(21)5-4-6-20(21)22-24-3)10-8-14-7-9-15(23-2)13-18(14)16/h7,13,16-17,19H,4-6,8,10-12H2,1-3H3/b22-20+/t16-,17+,19-,21-/m0/s1. The molecule has 0 heterocycles. The second-order valence-electron chi connectivity index (χ2n) is 7.97. The van der Waals surface area contributed by atoms with E-state index >= 15 is 0 Å². The van der Waals surface area contributed by atoms with E-state index in [1.807, 2.05) is 0 Å². The fourth-order valence-corrected chi connectivity index (χ4v) is 5.84. The third-order valence-corrected chi connectivity index (χ3v) is 7.03. The third-order valence-electron chi connectivity index (χ3n) is 7.03. The van der Waals surface area contributed by atoms with Crippen molar-refractivity contribution in [2.75, 3.05) is 14.2 Å². The van der Waals surface area contributed by atoms with Crippen LogP contribution in [0.4, 0.5) is 0 Å². The second-order valence-corrected chi connectivity index (χ2v) is 7.97. The van der Waals surface area contributed by atoms with Gasteiger partial charge < -0.3 is 9.57 Å². The van der Waals surface area contributed by atoms with Gasteiger partial charge in [0, 0.05) is 11.5 Å². The highest BCUT2D eigenvalue weighted by Gasteiger charge is 2.52. The van der Waals surface area contributed by atoms with Gasteiger partial charge in [-0.25, -0.2) is 0 Å². The molecular weight excluding hydrogens is 298 g/mol. The Hall–Kier alpha value is -1.51. The Morgan fingerprint density at radius 1 is 1.21 bits per heavy atom. The average Bonchev–Trinajstić information content (AvgIpc) is 2.61. The van der Waals surface area contributed by atoms with Crippen LogP contribution in [0.2, 0.25) is 0 Å². The van der Waals surface area contributed by atoms with E-state index in [2.05, 4.69) is 30.3 Å². The molecule has 0 bridgehead atoms. The second kappa shape index (κ2) is 6.09. The summed E-state index contributed by atoms with van der Waals surface area (Å²) in [4.78, 5) is 5.19. The normalized spacial score (nSPS) is 36.5. The first kappa shape index (κ1) is 16.0. The highest BCUT2D eigenvalue weighted by atomic mass is 16.6. The van der Waals surface area contributed by atoms with Crippen LogP contribution in [0.5, 0.6) is 5.75 Å². The van der Waals surface area contributed by atoms with E-state index in [4.69, 9.17) is 9.57 Å². The van der Waals surface area contributed by atoms with Gasteiger partial charge in [0.2, 0.25) is 0 Å². The van der Waals surface area contributed by atoms with Crippen molar-refractivity contribution in [1.29, 1.82) is 0 Å². The first-order valence-electron chi connectivity index (χ1n) is 9.36. The van der Waals surface area contributed by atoms with E-state index in [9.17, 15) is 0 Å². The molecule has 0 N–H and O–H groups in total.